The van der Waals surface area contributed by atoms with Gasteiger partial charge in [0.15, 0.2) is 0 Å². The maximum Gasteiger partial charge on any atom is 0.278 e. The minimum absolute atomic E-state index is 0.318. The predicted molar refractivity (Wildman–Crippen MR) is 89.0 cm³/mol. The molecular formula is C17H14ClN3O. The summed E-state index contributed by atoms with van der Waals surface area (Å²) in [4.78, 5) is 19.4. The number of H-pyrrole nitrogens is 1. The predicted octanol–water partition coefficient (Wildman–Crippen LogP) is 3.26. The van der Waals surface area contributed by atoms with E-state index >= 15 is 0 Å². The number of nitrogens with one attached hydrogen (secondary N) is 1. The van der Waals surface area contributed by atoms with Crippen molar-refractivity contribution >= 4 is 17.4 Å². The van der Waals surface area contributed by atoms with Crippen LogP contribution in [-0.4, -0.2) is 9.97 Å². The van der Waals surface area contributed by atoms with Gasteiger partial charge in [0, 0.05) is 17.0 Å². The summed E-state index contributed by atoms with van der Waals surface area (Å²) in [5.74, 6) is 0.782. The molecule has 3 rings (SSSR count). The molecule has 0 spiro atoms. The molecule has 0 amide bonds. The van der Waals surface area contributed by atoms with Gasteiger partial charge in [-0.2, -0.15) is 4.98 Å². The molecule has 0 aliphatic rings. The lowest BCUT2D eigenvalue weighted by atomic mass is 10.1. The second kappa shape index (κ2) is 6.03. The Labute approximate surface area is 132 Å². The number of nitrogens with two attached hydrogens (primary N) is 1. The van der Waals surface area contributed by atoms with E-state index in [1.54, 1.807) is 6.07 Å². The van der Waals surface area contributed by atoms with E-state index in [2.05, 4.69) is 9.97 Å². The molecule has 0 unspecified atom stereocenters. The molecule has 2 aromatic carbocycles. The standard InChI is InChI=1S/C17H14ClN3O/c18-14-9-5-4-8-12(14)10-13-15(19)20-16(21-17(13)22)11-6-2-1-3-7-11/h1-9H,10H2,(H3,19,20,21,22). The van der Waals surface area contributed by atoms with Crippen LogP contribution in [-0.2, 0) is 6.42 Å². The number of halogens is 1. The third-order valence-corrected chi connectivity index (χ3v) is 3.79. The minimum atomic E-state index is -0.338. The lowest BCUT2D eigenvalue weighted by molar-refractivity contribution is 1.04. The molecule has 0 aliphatic heterocycles. The Balaban J connectivity index is 2.01. The summed E-state index contributed by atoms with van der Waals surface area (Å²) in [5.41, 5.74) is 7.76. The first-order valence-electron chi connectivity index (χ1n) is 6.82. The Morgan fingerprint density at radius 3 is 2.41 bits per heavy atom. The van der Waals surface area contributed by atoms with Crippen LogP contribution in [0.3, 0.4) is 0 Å². The fourth-order valence-corrected chi connectivity index (χ4v) is 2.45. The van der Waals surface area contributed by atoms with Crippen LogP contribution < -0.4 is 11.3 Å². The van der Waals surface area contributed by atoms with E-state index in [-0.39, 0.29) is 5.56 Å². The van der Waals surface area contributed by atoms with Gasteiger partial charge in [-0.15, -0.1) is 0 Å². The Kier molecular flexibility index (Phi) is 3.94. The highest BCUT2D eigenvalue weighted by atomic mass is 35.5. The van der Waals surface area contributed by atoms with Crippen molar-refractivity contribution in [1.29, 1.82) is 0 Å². The van der Waals surface area contributed by atoms with Crippen molar-refractivity contribution in [2.24, 2.45) is 0 Å². The number of hydrogen-bond donors (Lipinski definition) is 2. The van der Waals surface area contributed by atoms with Crippen LogP contribution in [0, 0.1) is 0 Å². The van der Waals surface area contributed by atoms with Crippen molar-refractivity contribution in [3.63, 3.8) is 0 Å². The number of rotatable bonds is 3. The summed E-state index contributed by atoms with van der Waals surface area (Å²) < 4.78 is 0. The average molecular weight is 312 g/mol. The number of aromatic amines is 1. The van der Waals surface area contributed by atoms with E-state index in [1.807, 2.05) is 48.5 Å². The summed E-state index contributed by atoms with van der Waals surface area (Å²) in [6.45, 7) is 0. The third-order valence-electron chi connectivity index (χ3n) is 3.42. The van der Waals surface area contributed by atoms with Crippen molar-refractivity contribution in [2.45, 2.75) is 6.42 Å². The topological polar surface area (TPSA) is 71.8 Å². The highest BCUT2D eigenvalue weighted by molar-refractivity contribution is 6.31. The second-order valence-electron chi connectivity index (χ2n) is 4.92. The molecule has 1 aromatic heterocycles. The quantitative estimate of drug-likeness (QED) is 0.780. The molecule has 0 fully saturated rings. The third kappa shape index (κ3) is 2.87. The fraction of sp³-hybridized carbons (Fsp3) is 0.0588. The Morgan fingerprint density at radius 2 is 1.73 bits per heavy atom. The fourth-order valence-electron chi connectivity index (χ4n) is 2.25. The lowest BCUT2D eigenvalue weighted by Crippen LogP contribution is -2.18. The number of anilines is 1. The number of aromatic nitrogens is 2. The zero-order valence-electron chi connectivity index (χ0n) is 11.7. The molecule has 110 valence electrons. The van der Waals surface area contributed by atoms with E-state index in [1.165, 1.54) is 0 Å². The smallest absolute Gasteiger partial charge is 0.278 e. The second-order valence-corrected chi connectivity index (χ2v) is 5.32. The van der Waals surface area contributed by atoms with E-state index in [0.29, 0.717) is 28.6 Å². The monoisotopic (exact) mass is 311 g/mol. The average Bonchev–Trinajstić information content (AvgIpc) is 2.53. The van der Waals surface area contributed by atoms with Crippen LogP contribution in [0.1, 0.15) is 11.1 Å². The summed E-state index contributed by atoms with van der Waals surface area (Å²) in [5, 5.41) is 0.605. The van der Waals surface area contributed by atoms with Gasteiger partial charge in [-0.1, -0.05) is 60.1 Å². The molecule has 5 heteroatoms. The number of benzene rings is 2. The zero-order chi connectivity index (χ0) is 15.5. The van der Waals surface area contributed by atoms with Crippen molar-refractivity contribution < 1.29 is 0 Å². The zero-order valence-corrected chi connectivity index (χ0v) is 12.5. The van der Waals surface area contributed by atoms with Crippen molar-refractivity contribution in [3.8, 4) is 11.4 Å². The Bertz CT molecular complexity index is 859. The van der Waals surface area contributed by atoms with Crippen LogP contribution in [0.25, 0.3) is 11.4 Å². The van der Waals surface area contributed by atoms with Crippen LogP contribution in [0.5, 0.6) is 0 Å². The normalized spacial score (nSPS) is 10.6. The van der Waals surface area contributed by atoms with Gasteiger partial charge in [0.25, 0.3) is 5.56 Å². The lowest BCUT2D eigenvalue weighted by Gasteiger charge is -2.08. The van der Waals surface area contributed by atoms with Gasteiger partial charge in [-0.25, -0.2) is 0 Å². The first-order chi connectivity index (χ1) is 10.6. The van der Waals surface area contributed by atoms with E-state index in [9.17, 15) is 4.79 Å². The SMILES string of the molecule is Nc1[nH]c(-c2ccccc2)nc(=O)c1Cc1ccccc1Cl. The Morgan fingerprint density at radius 1 is 1.05 bits per heavy atom. The maximum atomic E-state index is 12.3. The van der Waals surface area contributed by atoms with E-state index in [4.69, 9.17) is 17.3 Å². The molecule has 4 nitrogen and oxygen atoms in total. The van der Waals surface area contributed by atoms with Crippen molar-refractivity contribution in [2.75, 3.05) is 5.73 Å². The summed E-state index contributed by atoms with van der Waals surface area (Å²) in [6, 6.07) is 16.8. The molecule has 0 radical (unpaired) electrons. The van der Waals surface area contributed by atoms with E-state index < -0.39 is 0 Å². The molecule has 3 aromatic rings. The highest BCUT2D eigenvalue weighted by Crippen LogP contribution is 2.21. The van der Waals surface area contributed by atoms with Gasteiger partial charge in [-0.05, 0) is 11.6 Å². The van der Waals surface area contributed by atoms with Crippen molar-refractivity contribution in [3.05, 3.63) is 81.1 Å². The number of hydrogen-bond acceptors (Lipinski definition) is 3. The summed E-state index contributed by atoms with van der Waals surface area (Å²) in [7, 11) is 0. The van der Waals surface area contributed by atoms with Gasteiger partial charge >= 0.3 is 0 Å². The molecule has 0 atom stereocenters. The van der Waals surface area contributed by atoms with Gasteiger partial charge < -0.3 is 10.7 Å². The van der Waals surface area contributed by atoms with Gasteiger partial charge in [-0.3, -0.25) is 4.79 Å². The van der Waals surface area contributed by atoms with Gasteiger partial charge in [0.2, 0.25) is 0 Å². The minimum Gasteiger partial charge on any atom is -0.385 e. The van der Waals surface area contributed by atoms with Crippen LogP contribution in [0.15, 0.2) is 59.4 Å². The number of nitrogens with zero attached hydrogens (tertiary/aromatic N) is 1. The van der Waals surface area contributed by atoms with Crippen molar-refractivity contribution in [1.82, 2.24) is 9.97 Å². The summed E-state index contributed by atoms with van der Waals surface area (Å²) >= 11 is 6.13. The largest absolute Gasteiger partial charge is 0.385 e. The molecule has 22 heavy (non-hydrogen) atoms. The summed E-state index contributed by atoms with van der Waals surface area (Å²) in [6.07, 6.45) is 0.350. The first-order valence-corrected chi connectivity index (χ1v) is 7.20. The molecular weight excluding hydrogens is 298 g/mol. The first kappa shape index (κ1) is 14.4. The maximum absolute atomic E-state index is 12.3. The molecule has 0 saturated carbocycles. The van der Waals surface area contributed by atoms with Gasteiger partial charge in [0.1, 0.15) is 11.6 Å². The molecule has 3 N–H and O–H groups in total. The van der Waals surface area contributed by atoms with Crippen LogP contribution in [0.2, 0.25) is 5.02 Å². The molecule has 1 heterocycles. The number of nitrogen functional groups attached to an aromatic ring is 1. The van der Waals surface area contributed by atoms with Crippen LogP contribution >= 0.6 is 11.6 Å². The highest BCUT2D eigenvalue weighted by Gasteiger charge is 2.12. The van der Waals surface area contributed by atoms with E-state index in [0.717, 1.165) is 11.1 Å². The Hall–Kier alpha value is -2.59. The molecule has 0 saturated heterocycles. The van der Waals surface area contributed by atoms with Gasteiger partial charge in [0.05, 0.1) is 5.56 Å². The molecule has 0 aliphatic carbocycles. The van der Waals surface area contributed by atoms with Crippen LogP contribution in [0.4, 0.5) is 5.82 Å². The molecule has 0 bridgehead atoms.